The van der Waals surface area contributed by atoms with Gasteiger partial charge in [-0.05, 0) is 17.7 Å². The van der Waals surface area contributed by atoms with Gasteiger partial charge >= 0.3 is 5.97 Å². The Morgan fingerprint density at radius 3 is 2.13 bits per heavy atom. The molecule has 82 valence electrons. The van der Waals surface area contributed by atoms with Crippen molar-refractivity contribution in [1.29, 1.82) is 0 Å². The van der Waals surface area contributed by atoms with Crippen LogP contribution in [0, 0.1) is 17.5 Å². The zero-order chi connectivity index (χ0) is 11.6. The molecule has 0 spiro atoms. The lowest BCUT2D eigenvalue weighted by atomic mass is 10.1. The van der Waals surface area contributed by atoms with Crippen molar-refractivity contribution >= 4 is 5.97 Å². The lowest BCUT2D eigenvalue weighted by molar-refractivity contribution is -0.142. The van der Waals surface area contributed by atoms with Crippen molar-refractivity contribution in [3.05, 3.63) is 35.1 Å². The lowest BCUT2D eigenvalue weighted by Gasteiger charge is -2.04. The number of carboxylic acid groups (broad SMARTS) is 1. The van der Waals surface area contributed by atoms with Crippen molar-refractivity contribution in [2.45, 2.75) is 12.6 Å². The molecule has 0 heterocycles. The number of alkyl halides is 1. The van der Waals surface area contributed by atoms with E-state index < -0.39 is 36.0 Å². The lowest BCUT2D eigenvalue weighted by Crippen LogP contribution is -2.17. The molecule has 0 saturated carbocycles. The summed E-state index contributed by atoms with van der Waals surface area (Å²) in [6, 6.07) is 1.13. The van der Waals surface area contributed by atoms with Gasteiger partial charge in [0.15, 0.2) is 17.5 Å². The maximum Gasteiger partial charge on any atom is 0.338 e. The molecule has 0 aliphatic heterocycles. The Hall–Kier alpha value is -1.59. The molecule has 1 atom stereocenters. The Kier molecular flexibility index (Phi) is 3.28. The van der Waals surface area contributed by atoms with Crippen LogP contribution in [0.25, 0.3) is 0 Å². The first-order chi connectivity index (χ1) is 6.91. The first kappa shape index (κ1) is 11.5. The third kappa shape index (κ3) is 2.68. The highest BCUT2D eigenvalue weighted by Gasteiger charge is 2.18. The van der Waals surface area contributed by atoms with Gasteiger partial charge in [0, 0.05) is 6.42 Å². The van der Waals surface area contributed by atoms with Gasteiger partial charge in [0.05, 0.1) is 0 Å². The van der Waals surface area contributed by atoms with E-state index in [4.69, 9.17) is 5.11 Å². The van der Waals surface area contributed by atoms with E-state index in [1.54, 1.807) is 0 Å². The van der Waals surface area contributed by atoms with E-state index in [2.05, 4.69) is 0 Å². The molecule has 0 saturated heterocycles. The Morgan fingerprint density at radius 1 is 1.27 bits per heavy atom. The van der Waals surface area contributed by atoms with E-state index in [-0.39, 0.29) is 5.56 Å². The smallest absolute Gasteiger partial charge is 0.338 e. The fraction of sp³-hybridized carbons (Fsp3) is 0.222. The molecule has 1 rings (SSSR count). The molecule has 0 bridgehead atoms. The van der Waals surface area contributed by atoms with E-state index in [9.17, 15) is 22.4 Å². The van der Waals surface area contributed by atoms with Crippen LogP contribution < -0.4 is 0 Å². The molecule has 1 aromatic rings. The van der Waals surface area contributed by atoms with Gasteiger partial charge in [0.2, 0.25) is 6.17 Å². The van der Waals surface area contributed by atoms with Crippen molar-refractivity contribution < 1.29 is 27.5 Å². The van der Waals surface area contributed by atoms with Gasteiger partial charge in [-0.25, -0.2) is 22.4 Å². The number of hydrogen-bond acceptors (Lipinski definition) is 1. The second-order valence-corrected chi connectivity index (χ2v) is 2.88. The molecule has 0 aromatic heterocycles. The van der Waals surface area contributed by atoms with E-state index in [1.807, 2.05) is 0 Å². The molecule has 0 radical (unpaired) electrons. The van der Waals surface area contributed by atoms with Crippen LogP contribution in [0.2, 0.25) is 0 Å². The fourth-order valence-electron chi connectivity index (χ4n) is 1.02. The zero-order valence-electron chi connectivity index (χ0n) is 7.31. The third-order valence-corrected chi connectivity index (χ3v) is 1.73. The van der Waals surface area contributed by atoms with Gasteiger partial charge in [0.25, 0.3) is 0 Å². The Balaban J connectivity index is 2.92. The van der Waals surface area contributed by atoms with Gasteiger partial charge in [-0.3, -0.25) is 0 Å². The standard InChI is InChI=1S/C9H6F4O2/c10-5-1-4(2-6(11)8(5)13)3-7(12)9(14)15/h1-2,7H,3H2,(H,14,15). The SMILES string of the molecule is O=C(O)C(F)Cc1cc(F)c(F)c(F)c1. The highest BCUT2D eigenvalue weighted by Crippen LogP contribution is 2.15. The highest BCUT2D eigenvalue weighted by molar-refractivity contribution is 5.72. The Bertz CT molecular complexity index is 369. The third-order valence-electron chi connectivity index (χ3n) is 1.73. The molecule has 1 aromatic carbocycles. The van der Waals surface area contributed by atoms with Crippen LogP contribution in [0.15, 0.2) is 12.1 Å². The predicted octanol–water partition coefficient (Wildman–Crippen LogP) is 2.07. The quantitative estimate of drug-likeness (QED) is 0.627. The number of carboxylic acids is 1. The maximum absolute atomic E-state index is 12.6. The molecule has 0 amide bonds. The second-order valence-electron chi connectivity index (χ2n) is 2.88. The molecular weight excluding hydrogens is 216 g/mol. The number of benzene rings is 1. The van der Waals surface area contributed by atoms with E-state index in [1.165, 1.54) is 0 Å². The summed E-state index contributed by atoms with van der Waals surface area (Å²) in [6.45, 7) is 0. The van der Waals surface area contributed by atoms with Crippen molar-refractivity contribution in [3.8, 4) is 0 Å². The molecule has 1 unspecified atom stereocenters. The summed E-state index contributed by atoms with van der Waals surface area (Å²) in [7, 11) is 0. The van der Waals surface area contributed by atoms with Crippen molar-refractivity contribution in [1.82, 2.24) is 0 Å². The number of aliphatic carboxylic acids is 1. The van der Waals surface area contributed by atoms with E-state index >= 15 is 0 Å². The summed E-state index contributed by atoms with van der Waals surface area (Å²) >= 11 is 0. The minimum absolute atomic E-state index is 0.249. The molecule has 6 heteroatoms. The summed E-state index contributed by atoms with van der Waals surface area (Å²) in [6.07, 6.45) is -2.97. The molecular formula is C9H6F4O2. The van der Waals surface area contributed by atoms with Crippen molar-refractivity contribution in [2.75, 3.05) is 0 Å². The summed E-state index contributed by atoms with van der Waals surface area (Å²) in [5, 5.41) is 8.20. The predicted molar refractivity (Wildman–Crippen MR) is 42.6 cm³/mol. The van der Waals surface area contributed by atoms with Gasteiger partial charge < -0.3 is 5.11 Å². The van der Waals surface area contributed by atoms with Crippen LogP contribution in [-0.2, 0) is 11.2 Å². The average molecular weight is 222 g/mol. The fourth-order valence-corrected chi connectivity index (χ4v) is 1.02. The number of rotatable bonds is 3. The van der Waals surface area contributed by atoms with Crippen LogP contribution in [0.1, 0.15) is 5.56 Å². The second kappa shape index (κ2) is 4.29. The van der Waals surface area contributed by atoms with Crippen molar-refractivity contribution in [3.63, 3.8) is 0 Å². The Labute approximate surface area is 82.1 Å². The Morgan fingerprint density at radius 2 is 1.73 bits per heavy atom. The summed E-state index contributed by atoms with van der Waals surface area (Å²) in [5.74, 6) is -6.34. The zero-order valence-corrected chi connectivity index (χ0v) is 7.31. The van der Waals surface area contributed by atoms with Gasteiger partial charge in [-0.1, -0.05) is 0 Å². The summed E-state index contributed by atoms with van der Waals surface area (Å²) in [5.41, 5.74) is -0.249. The largest absolute Gasteiger partial charge is 0.479 e. The van der Waals surface area contributed by atoms with Gasteiger partial charge in [-0.15, -0.1) is 0 Å². The monoisotopic (exact) mass is 222 g/mol. The van der Waals surface area contributed by atoms with Crippen LogP contribution in [0.4, 0.5) is 17.6 Å². The number of hydrogen-bond donors (Lipinski definition) is 1. The minimum Gasteiger partial charge on any atom is -0.479 e. The maximum atomic E-state index is 12.6. The normalized spacial score (nSPS) is 12.5. The molecule has 0 fully saturated rings. The van der Waals surface area contributed by atoms with E-state index in [0.717, 1.165) is 0 Å². The first-order valence-corrected chi connectivity index (χ1v) is 3.92. The first-order valence-electron chi connectivity index (χ1n) is 3.92. The van der Waals surface area contributed by atoms with Crippen LogP contribution >= 0.6 is 0 Å². The summed E-state index contributed by atoms with van der Waals surface area (Å²) < 4.78 is 50.3. The molecule has 0 aliphatic carbocycles. The van der Waals surface area contributed by atoms with Crippen molar-refractivity contribution in [2.24, 2.45) is 0 Å². The topological polar surface area (TPSA) is 37.3 Å². The number of carbonyl (C=O) groups is 1. The molecule has 0 aliphatic rings. The van der Waals surface area contributed by atoms with E-state index in [0.29, 0.717) is 12.1 Å². The molecule has 2 nitrogen and oxygen atoms in total. The van der Waals surface area contributed by atoms with Gasteiger partial charge in [-0.2, -0.15) is 0 Å². The van der Waals surface area contributed by atoms with Crippen LogP contribution in [0.5, 0.6) is 0 Å². The number of halogens is 4. The molecule has 1 N–H and O–H groups in total. The van der Waals surface area contributed by atoms with Gasteiger partial charge in [0.1, 0.15) is 0 Å². The average Bonchev–Trinajstić information content (AvgIpc) is 2.13. The molecule has 15 heavy (non-hydrogen) atoms. The highest BCUT2D eigenvalue weighted by atomic mass is 19.2. The van der Waals surface area contributed by atoms with Crippen LogP contribution in [-0.4, -0.2) is 17.2 Å². The summed E-state index contributed by atoms with van der Waals surface area (Å²) in [4.78, 5) is 10.1. The minimum atomic E-state index is -2.27. The van der Waals surface area contributed by atoms with Crippen LogP contribution in [0.3, 0.4) is 0 Å².